The minimum atomic E-state index is -1.94. The van der Waals surface area contributed by atoms with Gasteiger partial charge in [0.2, 0.25) is 0 Å². The quantitative estimate of drug-likeness (QED) is 0.118. The predicted octanol–water partition coefficient (Wildman–Crippen LogP) is -0.934. The number of aliphatic hydroxyl groups is 11. The standard InChI is InChI=1S/C51H82O21/c1-20-9-14-51(63-19-20)21(2)32-29(72-51)16-28-26-8-7-24-15-25(10-12-49(24,5)27(26)11-13-50(28,32)6)66-48-44(71-46-39(60)37(58)34(55)23(4)65-46)40(61)42(31(18-53)68-48)69-47-41(62)43(35(56)30(17-52)67-47)70-45-38(59)36(57)33(54)22(3)64-45/h7,20-23,25-48,52-62H,8-19H2,1-6H3/t20-,21-,22-,23-,25-,26+,27-,28-,29-,30+,31+,32-,33-,34-,35+,36+,37+,38+,39+,40-,41+,42+,43-,44+,45-,46-,47-,48+,49-,50-,51+/m0/s1. The van der Waals surface area contributed by atoms with Crippen LogP contribution in [0.2, 0.25) is 0 Å². The topological polar surface area (TPSA) is 315 Å². The number of fused-ring (bicyclic) bond motifs is 7. The van der Waals surface area contributed by atoms with Crippen molar-refractivity contribution in [1.82, 2.24) is 0 Å². The molecule has 0 bridgehead atoms. The van der Waals surface area contributed by atoms with Gasteiger partial charge < -0.3 is 104 Å². The Labute approximate surface area is 420 Å². The lowest BCUT2D eigenvalue weighted by Gasteiger charge is -2.59. The molecule has 72 heavy (non-hydrogen) atoms. The zero-order valence-corrected chi connectivity index (χ0v) is 42.2. The van der Waals surface area contributed by atoms with Gasteiger partial charge in [0.15, 0.2) is 30.9 Å². The summed E-state index contributed by atoms with van der Waals surface area (Å²) in [6.45, 7) is 11.6. The fourth-order valence-electron chi connectivity index (χ4n) is 15.5. The van der Waals surface area contributed by atoms with Crippen LogP contribution in [0.1, 0.15) is 99.3 Å². The molecule has 1 spiro atoms. The predicted molar refractivity (Wildman–Crippen MR) is 245 cm³/mol. The summed E-state index contributed by atoms with van der Waals surface area (Å²) in [7, 11) is 0. The SMILES string of the molecule is C[C@H]1CC[C@@]2(OC1)O[C@H]1C[C@H]3[C@@H]4CC=C5C[C@@H](O[C@@H]6O[C@H](CO)[C@@H](O[C@@H]7O[C@H](CO)[C@@H](O)[C@H](O[C@@H]8O[C@@H](C)[C@H](O)[C@@H](O)[C@H]8O)[C@H]7O)[C@H](O)[C@H]6O[C@@H]6O[C@@H](C)[C@H](O)[C@@H](O)[C@H]6O)CC[C@]5(C)[C@H]4CC[C@]3(C)[C@H]1[C@@H]2C. The third-order valence-corrected chi connectivity index (χ3v) is 19.8. The van der Waals surface area contributed by atoms with E-state index in [1.54, 1.807) is 0 Å². The molecule has 0 radical (unpaired) electrons. The van der Waals surface area contributed by atoms with Gasteiger partial charge in [-0.1, -0.05) is 39.3 Å². The summed E-state index contributed by atoms with van der Waals surface area (Å²) in [6, 6.07) is 0. The molecule has 0 unspecified atom stereocenters. The van der Waals surface area contributed by atoms with Gasteiger partial charge in [-0.3, -0.25) is 0 Å². The van der Waals surface area contributed by atoms with E-state index in [2.05, 4.69) is 33.8 Å². The number of aliphatic hydroxyl groups excluding tert-OH is 11. The van der Waals surface area contributed by atoms with E-state index in [-0.39, 0.29) is 16.9 Å². The third-order valence-electron chi connectivity index (χ3n) is 19.8. The first kappa shape index (κ1) is 54.3. The van der Waals surface area contributed by atoms with Gasteiger partial charge in [-0.05, 0) is 106 Å². The number of allylic oxidation sites excluding steroid dienone is 1. The van der Waals surface area contributed by atoms with E-state index < -0.39 is 148 Å². The fraction of sp³-hybridized carbons (Fsp3) is 0.961. The summed E-state index contributed by atoms with van der Waals surface area (Å²) in [5.74, 6) is 2.37. The van der Waals surface area contributed by atoms with Crippen molar-refractivity contribution in [2.75, 3.05) is 19.8 Å². The lowest BCUT2D eigenvalue weighted by atomic mass is 9.47. The molecule has 0 amide bonds. The molecule has 412 valence electrons. The zero-order chi connectivity index (χ0) is 51.5. The van der Waals surface area contributed by atoms with Crippen LogP contribution in [0.5, 0.6) is 0 Å². The van der Waals surface area contributed by atoms with Gasteiger partial charge in [0.1, 0.15) is 85.5 Å². The maximum absolute atomic E-state index is 12.3. The van der Waals surface area contributed by atoms with Gasteiger partial charge in [-0.2, -0.15) is 0 Å². The van der Waals surface area contributed by atoms with Crippen molar-refractivity contribution >= 4 is 0 Å². The zero-order valence-electron chi connectivity index (χ0n) is 42.2. The largest absolute Gasteiger partial charge is 0.394 e. The second-order valence-corrected chi connectivity index (χ2v) is 23.9. The summed E-state index contributed by atoms with van der Waals surface area (Å²) in [6.07, 6.45) is -21.3. The van der Waals surface area contributed by atoms with Crippen molar-refractivity contribution in [2.24, 2.45) is 46.3 Å². The molecule has 6 aliphatic heterocycles. The Hall–Kier alpha value is -1.10. The number of hydrogen-bond donors (Lipinski definition) is 11. The van der Waals surface area contributed by atoms with E-state index in [0.29, 0.717) is 48.3 Å². The Balaban J connectivity index is 0.857. The molecule has 0 aromatic heterocycles. The van der Waals surface area contributed by atoms with Gasteiger partial charge in [-0.15, -0.1) is 0 Å². The molecule has 0 aromatic rings. The summed E-state index contributed by atoms with van der Waals surface area (Å²) in [4.78, 5) is 0. The average molecular weight is 1030 g/mol. The molecule has 21 heteroatoms. The molecular formula is C51H82O21. The van der Waals surface area contributed by atoms with Crippen LogP contribution in [-0.2, 0) is 47.4 Å². The molecule has 9 fully saturated rings. The highest BCUT2D eigenvalue weighted by atomic mass is 16.8. The second kappa shape index (κ2) is 20.6. The summed E-state index contributed by atoms with van der Waals surface area (Å²) >= 11 is 0. The highest BCUT2D eigenvalue weighted by molar-refractivity contribution is 5.26. The van der Waals surface area contributed by atoms with E-state index in [1.165, 1.54) is 19.4 Å². The second-order valence-electron chi connectivity index (χ2n) is 23.9. The van der Waals surface area contributed by atoms with Crippen LogP contribution in [0.15, 0.2) is 11.6 Å². The van der Waals surface area contributed by atoms with E-state index in [0.717, 1.165) is 51.6 Å². The lowest BCUT2D eigenvalue weighted by molar-refractivity contribution is -0.396. The molecule has 21 nitrogen and oxygen atoms in total. The molecule has 6 heterocycles. The molecule has 10 aliphatic rings. The van der Waals surface area contributed by atoms with Gasteiger partial charge in [0.25, 0.3) is 0 Å². The monoisotopic (exact) mass is 1030 g/mol. The van der Waals surface area contributed by atoms with Crippen molar-refractivity contribution in [3.8, 4) is 0 Å². The van der Waals surface area contributed by atoms with Crippen LogP contribution in [0, 0.1) is 46.3 Å². The summed E-state index contributed by atoms with van der Waals surface area (Å²) in [5, 5.41) is 120. The normalized spacial score (nSPS) is 57.8. The van der Waals surface area contributed by atoms with E-state index in [4.69, 9.17) is 47.4 Å². The molecule has 0 aromatic carbocycles. The van der Waals surface area contributed by atoms with E-state index >= 15 is 0 Å². The Morgan fingerprint density at radius 3 is 1.82 bits per heavy atom. The Morgan fingerprint density at radius 2 is 1.19 bits per heavy atom. The number of rotatable bonds is 10. The van der Waals surface area contributed by atoms with Crippen molar-refractivity contribution in [1.29, 1.82) is 0 Å². The molecular weight excluding hydrogens is 949 g/mol. The van der Waals surface area contributed by atoms with Crippen LogP contribution in [-0.4, -0.2) is 217 Å². The maximum atomic E-state index is 12.3. The molecule has 31 atom stereocenters. The lowest BCUT2D eigenvalue weighted by Crippen LogP contribution is -2.67. The number of ether oxygens (including phenoxy) is 10. The Kier molecular flexibility index (Phi) is 15.5. The molecule has 4 aliphatic carbocycles. The van der Waals surface area contributed by atoms with E-state index in [9.17, 15) is 56.2 Å². The van der Waals surface area contributed by atoms with Crippen molar-refractivity contribution in [3.63, 3.8) is 0 Å². The summed E-state index contributed by atoms with van der Waals surface area (Å²) in [5.41, 5.74) is 1.38. The fourth-order valence-corrected chi connectivity index (χ4v) is 15.5. The van der Waals surface area contributed by atoms with Crippen molar-refractivity contribution < 1.29 is 104 Å². The van der Waals surface area contributed by atoms with Crippen LogP contribution in [0.4, 0.5) is 0 Å². The minimum absolute atomic E-state index is 0.0798. The Morgan fingerprint density at radius 1 is 0.583 bits per heavy atom. The van der Waals surface area contributed by atoms with Gasteiger partial charge >= 0.3 is 0 Å². The van der Waals surface area contributed by atoms with Crippen LogP contribution < -0.4 is 0 Å². The highest BCUT2D eigenvalue weighted by Gasteiger charge is 2.69. The van der Waals surface area contributed by atoms with Gasteiger partial charge in [-0.25, -0.2) is 0 Å². The van der Waals surface area contributed by atoms with Gasteiger partial charge in [0, 0.05) is 12.3 Å². The first-order chi connectivity index (χ1) is 34.1. The van der Waals surface area contributed by atoms with Crippen LogP contribution >= 0.6 is 0 Å². The van der Waals surface area contributed by atoms with Crippen molar-refractivity contribution in [3.05, 3.63) is 11.6 Å². The average Bonchev–Trinajstić information content (AvgIpc) is 3.81. The molecule has 10 rings (SSSR count). The molecule has 3 saturated carbocycles. The highest BCUT2D eigenvalue weighted by Crippen LogP contribution is 2.71. The third kappa shape index (κ3) is 9.09. The first-order valence-electron chi connectivity index (χ1n) is 26.7. The van der Waals surface area contributed by atoms with E-state index in [1.807, 2.05) is 0 Å². The van der Waals surface area contributed by atoms with Crippen LogP contribution in [0.25, 0.3) is 0 Å². The van der Waals surface area contributed by atoms with Crippen LogP contribution in [0.3, 0.4) is 0 Å². The first-order valence-corrected chi connectivity index (χ1v) is 26.7. The minimum Gasteiger partial charge on any atom is -0.394 e. The molecule has 6 saturated heterocycles. The molecule has 11 N–H and O–H groups in total. The summed E-state index contributed by atoms with van der Waals surface area (Å²) < 4.78 is 62.0. The Bertz CT molecular complexity index is 1910. The van der Waals surface area contributed by atoms with Gasteiger partial charge in [0.05, 0.1) is 44.2 Å². The number of hydrogen-bond acceptors (Lipinski definition) is 21. The smallest absolute Gasteiger partial charge is 0.187 e. The maximum Gasteiger partial charge on any atom is 0.187 e. The van der Waals surface area contributed by atoms with Crippen molar-refractivity contribution in [2.45, 2.75) is 240 Å².